The number of aromatic nitrogens is 1. The van der Waals surface area contributed by atoms with Gasteiger partial charge in [0, 0.05) is 10.9 Å². The molecule has 1 aromatic carbocycles. The van der Waals surface area contributed by atoms with Crippen molar-refractivity contribution in [2.45, 2.75) is 39.7 Å². The highest BCUT2D eigenvalue weighted by molar-refractivity contribution is 7.10. The molecule has 1 aromatic heterocycles. The van der Waals surface area contributed by atoms with Crippen molar-refractivity contribution in [3.05, 3.63) is 39.7 Å². The van der Waals surface area contributed by atoms with Gasteiger partial charge in [0.1, 0.15) is 5.01 Å². The quantitative estimate of drug-likeness (QED) is 0.895. The van der Waals surface area contributed by atoms with Crippen molar-refractivity contribution in [1.82, 2.24) is 4.98 Å². The summed E-state index contributed by atoms with van der Waals surface area (Å²) in [7, 11) is 0. The van der Waals surface area contributed by atoms with Crippen LogP contribution in [-0.2, 0) is 0 Å². The monoisotopic (exact) mass is 260 g/mol. The average Bonchev–Trinajstić information content (AvgIpc) is 2.78. The van der Waals surface area contributed by atoms with Gasteiger partial charge < -0.3 is 5.73 Å². The summed E-state index contributed by atoms with van der Waals surface area (Å²) in [4.78, 5) is 4.63. The second kappa shape index (κ2) is 5.21. The summed E-state index contributed by atoms with van der Waals surface area (Å²) in [6.45, 7) is 8.52. The molecule has 0 bridgehead atoms. The molecule has 2 aromatic rings. The van der Waals surface area contributed by atoms with E-state index < -0.39 is 0 Å². The summed E-state index contributed by atoms with van der Waals surface area (Å²) < 4.78 is 0. The van der Waals surface area contributed by atoms with Crippen LogP contribution in [-0.4, -0.2) is 4.98 Å². The Hall–Kier alpha value is -1.19. The molecule has 0 aliphatic carbocycles. The second-order valence-electron chi connectivity index (χ2n) is 5.09. The number of aryl methyl sites for hydroxylation is 1. The topological polar surface area (TPSA) is 38.9 Å². The zero-order valence-electron chi connectivity index (χ0n) is 11.4. The molecule has 0 radical (unpaired) electrons. The number of rotatable bonds is 3. The molecule has 0 fully saturated rings. The minimum atomic E-state index is 0.0114. The van der Waals surface area contributed by atoms with Crippen LogP contribution in [0.25, 0.3) is 11.3 Å². The zero-order valence-corrected chi connectivity index (χ0v) is 12.2. The first-order valence-corrected chi connectivity index (χ1v) is 7.19. The molecule has 0 aliphatic heterocycles. The van der Waals surface area contributed by atoms with Crippen LogP contribution in [0.4, 0.5) is 0 Å². The van der Waals surface area contributed by atoms with E-state index in [1.165, 1.54) is 16.7 Å². The van der Waals surface area contributed by atoms with Gasteiger partial charge in [-0.15, -0.1) is 11.3 Å². The third kappa shape index (κ3) is 2.62. The van der Waals surface area contributed by atoms with Crippen molar-refractivity contribution < 1.29 is 0 Å². The van der Waals surface area contributed by atoms with E-state index in [2.05, 4.69) is 49.3 Å². The average molecular weight is 260 g/mol. The molecule has 1 unspecified atom stereocenters. The van der Waals surface area contributed by atoms with Crippen molar-refractivity contribution in [3.63, 3.8) is 0 Å². The lowest BCUT2D eigenvalue weighted by Gasteiger charge is -2.09. The van der Waals surface area contributed by atoms with Gasteiger partial charge in [-0.2, -0.15) is 0 Å². The molecule has 1 atom stereocenters. The molecule has 0 saturated carbocycles. The van der Waals surface area contributed by atoms with E-state index in [-0.39, 0.29) is 6.04 Å². The van der Waals surface area contributed by atoms with Gasteiger partial charge in [0.15, 0.2) is 0 Å². The van der Waals surface area contributed by atoms with Gasteiger partial charge in [0.25, 0.3) is 0 Å². The van der Waals surface area contributed by atoms with Crippen molar-refractivity contribution in [3.8, 4) is 11.3 Å². The summed E-state index contributed by atoms with van der Waals surface area (Å²) in [5, 5.41) is 3.10. The maximum atomic E-state index is 5.87. The summed E-state index contributed by atoms with van der Waals surface area (Å²) in [6.07, 6.45) is 0. The number of thiazole rings is 1. The van der Waals surface area contributed by atoms with E-state index in [4.69, 9.17) is 5.73 Å². The summed E-state index contributed by atoms with van der Waals surface area (Å²) >= 11 is 1.64. The van der Waals surface area contributed by atoms with E-state index >= 15 is 0 Å². The van der Waals surface area contributed by atoms with Crippen LogP contribution >= 0.6 is 11.3 Å². The highest BCUT2D eigenvalue weighted by atomic mass is 32.1. The van der Waals surface area contributed by atoms with Crippen LogP contribution in [0.1, 0.15) is 48.9 Å². The second-order valence-corrected chi connectivity index (χ2v) is 5.98. The molecule has 2 nitrogen and oxygen atoms in total. The lowest BCUT2D eigenvalue weighted by molar-refractivity contribution is 0.807. The lowest BCUT2D eigenvalue weighted by Crippen LogP contribution is -2.04. The minimum Gasteiger partial charge on any atom is -0.322 e. The van der Waals surface area contributed by atoms with Gasteiger partial charge in [0.05, 0.1) is 11.7 Å². The van der Waals surface area contributed by atoms with Crippen molar-refractivity contribution in [1.29, 1.82) is 0 Å². The third-order valence-corrected chi connectivity index (χ3v) is 4.16. The van der Waals surface area contributed by atoms with E-state index in [1.54, 1.807) is 11.3 Å². The minimum absolute atomic E-state index is 0.0114. The molecule has 2 N–H and O–H groups in total. The Morgan fingerprint density at radius 1 is 1.22 bits per heavy atom. The molecule has 1 heterocycles. The van der Waals surface area contributed by atoms with Gasteiger partial charge in [-0.25, -0.2) is 4.98 Å². The van der Waals surface area contributed by atoms with Gasteiger partial charge in [0.2, 0.25) is 0 Å². The predicted molar refractivity (Wildman–Crippen MR) is 79.0 cm³/mol. The Labute approximate surface area is 113 Å². The number of benzene rings is 1. The van der Waals surface area contributed by atoms with Crippen LogP contribution < -0.4 is 5.73 Å². The number of hydrogen-bond donors (Lipinski definition) is 1. The summed E-state index contributed by atoms with van der Waals surface area (Å²) in [5.41, 5.74) is 10.8. The molecule has 3 heteroatoms. The SMILES string of the molecule is Cc1ccc(C(C)C)cc1-c1csc(C(C)N)n1. The van der Waals surface area contributed by atoms with Gasteiger partial charge in [-0.05, 0) is 37.0 Å². The molecular formula is C15H20N2S. The largest absolute Gasteiger partial charge is 0.322 e. The highest BCUT2D eigenvalue weighted by Crippen LogP contribution is 2.29. The number of hydrogen-bond acceptors (Lipinski definition) is 3. The van der Waals surface area contributed by atoms with Crippen LogP contribution in [0.3, 0.4) is 0 Å². The highest BCUT2D eigenvalue weighted by Gasteiger charge is 2.11. The van der Waals surface area contributed by atoms with Crippen LogP contribution in [0.2, 0.25) is 0 Å². The maximum absolute atomic E-state index is 5.87. The fraction of sp³-hybridized carbons (Fsp3) is 0.400. The Kier molecular flexibility index (Phi) is 3.83. The number of nitrogens with two attached hydrogens (primary N) is 1. The maximum Gasteiger partial charge on any atom is 0.110 e. The Balaban J connectivity index is 2.45. The zero-order chi connectivity index (χ0) is 13.3. The summed E-state index contributed by atoms with van der Waals surface area (Å²) in [6, 6.07) is 6.63. The van der Waals surface area contributed by atoms with Crippen LogP contribution in [0.15, 0.2) is 23.6 Å². The fourth-order valence-corrected chi connectivity index (χ4v) is 2.67. The van der Waals surface area contributed by atoms with E-state index in [0.717, 1.165) is 10.7 Å². The van der Waals surface area contributed by atoms with E-state index in [9.17, 15) is 0 Å². The normalized spacial score (nSPS) is 13.0. The lowest BCUT2D eigenvalue weighted by atomic mass is 9.97. The first-order valence-electron chi connectivity index (χ1n) is 6.31. The Morgan fingerprint density at radius 2 is 1.94 bits per heavy atom. The van der Waals surface area contributed by atoms with Gasteiger partial charge >= 0.3 is 0 Å². The molecule has 0 spiro atoms. The van der Waals surface area contributed by atoms with E-state index in [0.29, 0.717) is 5.92 Å². The molecular weight excluding hydrogens is 240 g/mol. The van der Waals surface area contributed by atoms with Gasteiger partial charge in [-0.1, -0.05) is 26.0 Å². The van der Waals surface area contributed by atoms with Crippen molar-refractivity contribution >= 4 is 11.3 Å². The van der Waals surface area contributed by atoms with Crippen LogP contribution in [0.5, 0.6) is 0 Å². The van der Waals surface area contributed by atoms with E-state index in [1.807, 2.05) is 6.92 Å². The fourth-order valence-electron chi connectivity index (χ4n) is 1.90. The van der Waals surface area contributed by atoms with Crippen LogP contribution in [0, 0.1) is 6.92 Å². The third-order valence-electron chi connectivity index (χ3n) is 3.12. The summed E-state index contributed by atoms with van der Waals surface area (Å²) in [5.74, 6) is 0.538. The van der Waals surface area contributed by atoms with Gasteiger partial charge in [-0.3, -0.25) is 0 Å². The van der Waals surface area contributed by atoms with Crippen molar-refractivity contribution in [2.24, 2.45) is 5.73 Å². The Morgan fingerprint density at radius 3 is 2.50 bits per heavy atom. The molecule has 2 rings (SSSR count). The Bertz CT molecular complexity index is 541. The molecule has 0 saturated heterocycles. The standard InChI is InChI=1S/C15H20N2S/c1-9(2)12-6-5-10(3)13(7-12)14-8-18-15(17-14)11(4)16/h5-9,11H,16H2,1-4H3. The first-order chi connectivity index (χ1) is 8.49. The smallest absolute Gasteiger partial charge is 0.110 e. The first kappa shape index (κ1) is 13.2. The molecule has 0 aliphatic rings. The molecule has 0 amide bonds. The van der Waals surface area contributed by atoms with Crippen molar-refractivity contribution in [2.75, 3.05) is 0 Å². The number of nitrogens with zero attached hydrogens (tertiary/aromatic N) is 1. The molecule has 18 heavy (non-hydrogen) atoms. The predicted octanol–water partition coefficient (Wildman–Crippen LogP) is 4.26. The molecule has 96 valence electrons.